The fourth-order valence-electron chi connectivity index (χ4n) is 2.82. The summed E-state index contributed by atoms with van der Waals surface area (Å²) in [6.07, 6.45) is 2.57. The number of benzene rings is 1. The van der Waals surface area contributed by atoms with Gasteiger partial charge < -0.3 is 15.0 Å². The van der Waals surface area contributed by atoms with Gasteiger partial charge in [-0.2, -0.15) is 18.4 Å². The van der Waals surface area contributed by atoms with Crippen LogP contribution in [0.4, 0.5) is 18.9 Å². The lowest BCUT2D eigenvalue weighted by atomic mass is 9.96. The average molecular weight is 348 g/mol. The lowest BCUT2D eigenvalue weighted by Gasteiger charge is -2.28. The first-order chi connectivity index (χ1) is 11.9. The van der Waals surface area contributed by atoms with Crippen LogP contribution in [-0.2, 0) is 6.18 Å². The molecule has 1 heterocycles. The summed E-state index contributed by atoms with van der Waals surface area (Å²) >= 11 is 0. The number of allylic oxidation sites excluding steroid dienone is 1. The number of halogens is 3. The number of aliphatic hydroxyl groups is 1. The number of aliphatic hydroxyl groups excluding tert-OH is 1. The number of nitrogens with zero attached hydrogens (tertiary/aromatic N) is 3. The SMILES string of the molecule is N#Cc1ccc(N[C@@H]2C=C(n3ccnc3)CC[C@H]2O)cc1C(F)(F)F. The van der Waals surface area contributed by atoms with Crippen molar-refractivity contribution in [2.45, 2.75) is 31.2 Å². The Morgan fingerprint density at radius 1 is 1.36 bits per heavy atom. The van der Waals surface area contributed by atoms with Gasteiger partial charge in [-0.1, -0.05) is 0 Å². The summed E-state index contributed by atoms with van der Waals surface area (Å²) in [6, 6.07) is 4.43. The normalized spacial score (nSPS) is 20.7. The fraction of sp³-hybridized carbons (Fsp3) is 0.294. The van der Waals surface area contributed by atoms with E-state index in [9.17, 15) is 18.3 Å². The van der Waals surface area contributed by atoms with Crippen molar-refractivity contribution in [1.29, 1.82) is 5.26 Å². The minimum Gasteiger partial charge on any atom is -0.391 e. The zero-order valence-corrected chi connectivity index (χ0v) is 13.0. The minimum absolute atomic E-state index is 0.193. The second-order valence-corrected chi connectivity index (χ2v) is 5.77. The van der Waals surface area contributed by atoms with Gasteiger partial charge in [-0.05, 0) is 37.1 Å². The molecule has 0 unspecified atom stereocenters. The summed E-state index contributed by atoms with van der Waals surface area (Å²) in [5.74, 6) is 0. The summed E-state index contributed by atoms with van der Waals surface area (Å²) in [5, 5.41) is 21.9. The highest BCUT2D eigenvalue weighted by atomic mass is 19.4. The van der Waals surface area contributed by atoms with E-state index in [1.54, 1.807) is 35.4 Å². The summed E-state index contributed by atoms with van der Waals surface area (Å²) in [5.41, 5.74) is -0.329. The zero-order valence-electron chi connectivity index (χ0n) is 13.0. The van der Waals surface area contributed by atoms with E-state index in [1.807, 2.05) is 0 Å². The number of hydrogen-bond donors (Lipinski definition) is 2. The van der Waals surface area contributed by atoms with Crippen molar-refractivity contribution in [1.82, 2.24) is 9.55 Å². The Morgan fingerprint density at radius 3 is 2.80 bits per heavy atom. The van der Waals surface area contributed by atoms with Crippen LogP contribution in [0.15, 0.2) is 43.0 Å². The largest absolute Gasteiger partial charge is 0.417 e. The second kappa shape index (κ2) is 6.61. The highest BCUT2D eigenvalue weighted by Crippen LogP contribution is 2.34. The van der Waals surface area contributed by atoms with Crippen LogP contribution in [0.3, 0.4) is 0 Å². The van der Waals surface area contributed by atoms with Crippen molar-refractivity contribution >= 4 is 11.4 Å². The second-order valence-electron chi connectivity index (χ2n) is 5.77. The lowest BCUT2D eigenvalue weighted by Crippen LogP contribution is -2.35. The molecule has 5 nitrogen and oxygen atoms in total. The Bertz CT molecular complexity index is 821. The monoisotopic (exact) mass is 348 g/mol. The number of nitriles is 1. The van der Waals surface area contributed by atoms with E-state index >= 15 is 0 Å². The minimum atomic E-state index is -4.62. The molecule has 0 spiro atoms. The van der Waals surface area contributed by atoms with E-state index in [4.69, 9.17) is 5.26 Å². The van der Waals surface area contributed by atoms with Crippen LogP contribution in [0.25, 0.3) is 5.70 Å². The number of imidazole rings is 1. The van der Waals surface area contributed by atoms with E-state index in [1.165, 1.54) is 6.07 Å². The van der Waals surface area contributed by atoms with Crippen LogP contribution in [0.5, 0.6) is 0 Å². The van der Waals surface area contributed by atoms with Crippen molar-refractivity contribution in [2.24, 2.45) is 0 Å². The molecule has 0 radical (unpaired) electrons. The molecular weight excluding hydrogens is 333 g/mol. The first-order valence-corrected chi connectivity index (χ1v) is 7.63. The number of aromatic nitrogens is 2. The molecule has 0 aliphatic heterocycles. The molecule has 0 bridgehead atoms. The number of nitrogens with one attached hydrogen (secondary N) is 1. The standard InChI is InChI=1S/C17H15F3N4O/c18-17(19,20)14-7-12(2-1-11(14)9-21)23-15-8-13(3-4-16(15)25)24-6-5-22-10-24/h1-2,5-8,10,15-16,23,25H,3-4H2/t15-,16-/m1/s1. The molecule has 0 saturated carbocycles. The maximum Gasteiger partial charge on any atom is 0.417 e. The molecular formula is C17H15F3N4O. The van der Waals surface area contributed by atoms with Gasteiger partial charge in [0.05, 0.1) is 35.7 Å². The molecule has 2 atom stereocenters. The fourth-order valence-corrected chi connectivity index (χ4v) is 2.82. The van der Waals surface area contributed by atoms with Gasteiger partial charge in [0.15, 0.2) is 0 Å². The molecule has 2 N–H and O–H groups in total. The van der Waals surface area contributed by atoms with Gasteiger partial charge in [-0.3, -0.25) is 0 Å². The molecule has 25 heavy (non-hydrogen) atoms. The Balaban J connectivity index is 1.88. The van der Waals surface area contributed by atoms with Gasteiger partial charge in [-0.25, -0.2) is 4.98 Å². The Morgan fingerprint density at radius 2 is 2.16 bits per heavy atom. The molecule has 3 rings (SSSR count). The summed E-state index contributed by atoms with van der Waals surface area (Å²) in [7, 11) is 0. The summed E-state index contributed by atoms with van der Waals surface area (Å²) in [6.45, 7) is 0. The molecule has 1 aromatic carbocycles. The molecule has 1 aromatic heterocycles. The van der Waals surface area contributed by atoms with Crippen molar-refractivity contribution in [2.75, 3.05) is 5.32 Å². The van der Waals surface area contributed by atoms with Gasteiger partial charge in [0, 0.05) is 23.8 Å². The predicted molar refractivity (Wildman–Crippen MR) is 85.3 cm³/mol. The first-order valence-electron chi connectivity index (χ1n) is 7.63. The molecule has 2 aromatic rings. The van der Waals surface area contributed by atoms with E-state index in [0.717, 1.165) is 17.8 Å². The van der Waals surface area contributed by atoms with Crippen LogP contribution < -0.4 is 5.32 Å². The van der Waals surface area contributed by atoms with E-state index in [-0.39, 0.29) is 5.69 Å². The number of rotatable bonds is 3. The van der Waals surface area contributed by atoms with Crippen LogP contribution >= 0.6 is 0 Å². The van der Waals surface area contributed by atoms with Gasteiger partial charge in [0.2, 0.25) is 0 Å². The third-order valence-electron chi connectivity index (χ3n) is 4.10. The molecule has 0 saturated heterocycles. The number of alkyl halides is 3. The average Bonchev–Trinajstić information content (AvgIpc) is 3.10. The van der Waals surface area contributed by atoms with E-state index < -0.39 is 29.4 Å². The highest BCUT2D eigenvalue weighted by molar-refractivity contribution is 5.56. The zero-order chi connectivity index (χ0) is 18.0. The molecule has 1 aliphatic carbocycles. The van der Waals surface area contributed by atoms with Crippen molar-refractivity contribution in [3.63, 3.8) is 0 Å². The molecule has 130 valence electrons. The molecule has 1 aliphatic rings. The highest BCUT2D eigenvalue weighted by Gasteiger charge is 2.34. The third-order valence-corrected chi connectivity index (χ3v) is 4.10. The van der Waals surface area contributed by atoms with E-state index in [2.05, 4.69) is 10.3 Å². The van der Waals surface area contributed by atoms with Gasteiger partial charge >= 0.3 is 6.18 Å². The number of hydrogen-bond acceptors (Lipinski definition) is 4. The predicted octanol–water partition coefficient (Wildman–Crippen LogP) is 3.25. The summed E-state index contributed by atoms with van der Waals surface area (Å²) in [4.78, 5) is 3.97. The summed E-state index contributed by atoms with van der Waals surface area (Å²) < 4.78 is 41.0. The quantitative estimate of drug-likeness (QED) is 0.893. The Labute approximate surface area is 142 Å². The Hall–Kier alpha value is -2.79. The topological polar surface area (TPSA) is 73.9 Å². The van der Waals surface area contributed by atoms with E-state index in [0.29, 0.717) is 12.8 Å². The van der Waals surface area contributed by atoms with Gasteiger partial charge in [0.25, 0.3) is 0 Å². The first kappa shape index (κ1) is 17.0. The smallest absolute Gasteiger partial charge is 0.391 e. The molecule has 8 heteroatoms. The van der Waals surface area contributed by atoms with Crippen LogP contribution in [0.2, 0.25) is 0 Å². The van der Waals surface area contributed by atoms with Crippen molar-refractivity contribution in [3.05, 3.63) is 54.1 Å². The van der Waals surface area contributed by atoms with Gasteiger partial charge in [-0.15, -0.1) is 0 Å². The Kier molecular flexibility index (Phi) is 4.51. The number of anilines is 1. The maximum atomic E-state index is 13.1. The van der Waals surface area contributed by atoms with Crippen molar-refractivity contribution in [3.8, 4) is 6.07 Å². The van der Waals surface area contributed by atoms with Crippen molar-refractivity contribution < 1.29 is 18.3 Å². The van der Waals surface area contributed by atoms with Gasteiger partial charge in [0.1, 0.15) is 0 Å². The van der Waals surface area contributed by atoms with Crippen LogP contribution in [-0.4, -0.2) is 26.8 Å². The lowest BCUT2D eigenvalue weighted by molar-refractivity contribution is -0.137. The van der Waals surface area contributed by atoms with Crippen LogP contribution in [0.1, 0.15) is 24.0 Å². The molecule has 0 amide bonds. The maximum absolute atomic E-state index is 13.1. The van der Waals surface area contributed by atoms with Crippen LogP contribution in [0, 0.1) is 11.3 Å². The molecule has 0 fully saturated rings. The third kappa shape index (κ3) is 3.67.